The zero-order valence-electron chi connectivity index (χ0n) is 13.2. The van der Waals surface area contributed by atoms with Crippen LogP contribution in [0.3, 0.4) is 0 Å². The lowest BCUT2D eigenvalue weighted by molar-refractivity contribution is -0.140. The molecule has 3 atom stereocenters. The second-order valence-corrected chi connectivity index (χ2v) is 6.20. The summed E-state index contributed by atoms with van der Waals surface area (Å²) in [7, 11) is 0. The fraction of sp³-hybridized carbons (Fsp3) is 0.471. The molecule has 0 aromatic heterocycles. The van der Waals surface area contributed by atoms with Crippen molar-refractivity contribution in [1.82, 2.24) is 10.2 Å². The molecule has 24 heavy (non-hydrogen) atoms. The lowest BCUT2D eigenvalue weighted by Crippen LogP contribution is -2.39. The van der Waals surface area contributed by atoms with Gasteiger partial charge in [0.1, 0.15) is 12.4 Å². The van der Waals surface area contributed by atoms with Crippen molar-refractivity contribution < 1.29 is 24.2 Å². The third-order valence-electron chi connectivity index (χ3n) is 4.38. The van der Waals surface area contributed by atoms with Gasteiger partial charge in [-0.25, -0.2) is 0 Å². The number of ether oxygens (including phenoxy) is 1. The number of likely N-dealkylation sites (tertiary alicyclic amines) is 1. The molecule has 3 rings (SSSR count). The summed E-state index contributed by atoms with van der Waals surface area (Å²) in [6, 6.07) is 9.11. The number of carboxylic acid groups (broad SMARTS) is 1. The Labute approximate surface area is 139 Å². The van der Waals surface area contributed by atoms with Crippen LogP contribution in [0.15, 0.2) is 30.3 Å². The number of rotatable bonds is 7. The number of nitrogens with one attached hydrogen (secondary N) is 1. The lowest BCUT2D eigenvalue weighted by Gasteiger charge is -2.17. The first-order chi connectivity index (χ1) is 11.5. The fourth-order valence-electron chi connectivity index (χ4n) is 2.94. The Hall–Kier alpha value is -2.57. The largest absolute Gasteiger partial charge is 0.492 e. The molecule has 1 aliphatic heterocycles. The molecule has 1 saturated carbocycles. The first-order valence-electron chi connectivity index (χ1n) is 8.03. The SMILES string of the molecule is O=C(O)[C@@H]1C[C@H]1C(=O)N[C@H]1CC(=O)N(CCOc2ccccc2)C1. The number of amides is 2. The molecule has 1 aliphatic carbocycles. The van der Waals surface area contributed by atoms with Gasteiger partial charge in [0.15, 0.2) is 0 Å². The maximum Gasteiger partial charge on any atom is 0.307 e. The van der Waals surface area contributed by atoms with E-state index in [2.05, 4.69) is 5.32 Å². The van der Waals surface area contributed by atoms with Crippen LogP contribution in [-0.4, -0.2) is 53.5 Å². The van der Waals surface area contributed by atoms with Crippen LogP contribution >= 0.6 is 0 Å². The molecular weight excluding hydrogens is 312 g/mol. The third kappa shape index (κ3) is 3.84. The molecular formula is C17H20N2O5. The number of carboxylic acids is 1. The molecule has 7 nitrogen and oxygen atoms in total. The Morgan fingerprint density at radius 3 is 2.67 bits per heavy atom. The summed E-state index contributed by atoms with van der Waals surface area (Å²) in [4.78, 5) is 36.4. The van der Waals surface area contributed by atoms with Gasteiger partial charge in [0.25, 0.3) is 0 Å². The van der Waals surface area contributed by atoms with Crippen molar-refractivity contribution in [1.29, 1.82) is 0 Å². The van der Waals surface area contributed by atoms with Gasteiger partial charge < -0.3 is 20.1 Å². The Balaban J connectivity index is 1.41. The third-order valence-corrected chi connectivity index (χ3v) is 4.38. The highest BCUT2D eigenvalue weighted by Gasteiger charge is 2.49. The first-order valence-corrected chi connectivity index (χ1v) is 8.03. The molecule has 1 aromatic rings. The average Bonchev–Trinajstić information content (AvgIpc) is 3.29. The van der Waals surface area contributed by atoms with E-state index in [-0.39, 0.29) is 24.3 Å². The molecule has 0 spiro atoms. The number of para-hydroxylation sites is 1. The van der Waals surface area contributed by atoms with Crippen molar-refractivity contribution in [3.8, 4) is 5.75 Å². The number of aliphatic carboxylic acids is 1. The summed E-state index contributed by atoms with van der Waals surface area (Å²) < 4.78 is 5.57. The van der Waals surface area contributed by atoms with Gasteiger partial charge in [-0.2, -0.15) is 0 Å². The van der Waals surface area contributed by atoms with Crippen LogP contribution in [-0.2, 0) is 14.4 Å². The lowest BCUT2D eigenvalue weighted by atomic mass is 10.2. The van der Waals surface area contributed by atoms with E-state index in [1.54, 1.807) is 4.90 Å². The van der Waals surface area contributed by atoms with Crippen LogP contribution < -0.4 is 10.1 Å². The van der Waals surface area contributed by atoms with Gasteiger partial charge in [0, 0.05) is 13.0 Å². The molecule has 0 unspecified atom stereocenters. The van der Waals surface area contributed by atoms with Gasteiger partial charge in [-0.15, -0.1) is 0 Å². The van der Waals surface area contributed by atoms with Crippen molar-refractivity contribution >= 4 is 17.8 Å². The highest BCUT2D eigenvalue weighted by Crippen LogP contribution is 2.38. The molecule has 128 valence electrons. The Morgan fingerprint density at radius 2 is 2.00 bits per heavy atom. The zero-order chi connectivity index (χ0) is 17.1. The molecule has 1 saturated heterocycles. The molecule has 1 aromatic carbocycles. The van der Waals surface area contributed by atoms with E-state index in [1.807, 2.05) is 30.3 Å². The van der Waals surface area contributed by atoms with E-state index in [0.29, 0.717) is 26.1 Å². The van der Waals surface area contributed by atoms with E-state index in [4.69, 9.17) is 9.84 Å². The average molecular weight is 332 g/mol. The van der Waals surface area contributed by atoms with Crippen molar-refractivity contribution in [3.63, 3.8) is 0 Å². The topological polar surface area (TPSA) is 95.9 Å². The van der Waals surface area contributed by atoms with Crippen molar-refractivity contribution in [3.05, 3.63) is 30.3 Å². The highest BCUT2D eigenvalue weighted by molar-refractivity contribution is 5.90. The Bertz CT molecular complexity index is 633. The summed E-state index contributed by atoms with van der Waals surface area (Å²) in [5.41, 5.74) is 0. The van der Waals surface area contributed by atoms with Gasteiger partial charge in [-0.1, -0.05) is 18.2 Å². The second kappa shape index (κ2) is 6.90. The van der Waals surface area contributed by atoms with Crippen LogP contribution in [0.4, 0.5) is 0 Å². The number of carbonyl (C=O) groups is 3. The van der Waals surface area contributed by atoms with Crippen LogP contribution in [0.25, 0.3) is 0 Å². The van der Waals surface area contributed by atoms with Gasteiger partial charge >= 0.3 is 5.97 Å². The molecule has 2 amide bonds. The molecule has 0 bridgehead atoms. The van der Waals surface area contributed by atoms with Crippen LogP contribution in [0.2, 0.25) is 0 Å². The predicted octanol–water partition coefficient (Wildman–Crippen LogP) is 0.503. The summed E-state index contributed by atoms with van der Waals surface area (Å²) in [6.45, 7) is 1.29. The summed E-state index contributed by atoms with van der Waals surface area (Å²) in [5.74, 6) is -1.49. The van der Waals surface area contributed by atoms with Crippen molar-refractivity contribution in [2.45, 2.75) is 18.9 Å². The number of hydrogen-bond acceptors (Lipinski definition) is 4. The van der Waals surface area contributed by atoms with E-state index in [0.717, 1.165) is 5.75 Å². The maximum absolute atomic E-state index is 12.0. The molecule has 2 N–H and O–H groups in total. The minimum Gasteiger partial charge on any atom is -0.492 e. The quantitative estimate of drug-likeness (QED) is 0.758. The normalized spacial score (nSPS) is 25.4. The van der Waals surface area contributed by atoms with Crippen molar-refractivity contribution in [2.75, 3.05) is 19.7 Å². The number of hydrogen-bond donors (Lipinski definition) is 2. The van der Waals surface area contributed by atoms with Crippen LogP contribution in [0, 0.1) is 11.8 Å². The molecule has 7 heteroatoms. The van der Waals surface area contributed by atoms with Crippen LogP contribution in [0.1, 0.15) is 12.8 Å². The predicted molar refractivity (Wildman–Crippen MR) is 84.3 cm³/mol. The van der Waals surface area contributed by atoms with E-state index < -0.39 is 17.8 Å². The molecule has 2 fully saturated rings. The first kappa shape index (κ1) is 16.3. The van der Waals surface area contributed by atoms with Gasteiger partial charge in [0.05, 0.1) is 24.4 Å². The maximum atomic E-state index is 12.0. The fourth-order valence-corrected chi connectivity index (χ4v) is 2.94. The molecule has 2 aliphatic rings. The summed E-state index contributed by atoms with van der Waals surface area (Å²) in [6.07, 6.45) is 0.637. The molecule has 0 radical (unpaired) electrons. The Morgan fingerprint density at radius 1 is 1.25 bits per heavy atom. The number of nitrogens with zero attached hydrogens (tertiary/aromatic N) is 1. The van der Waals surface area contributed by atoms with Crippen LogP contribution in [0.5, 0.6) is 5.75 Å². The van der Waals surface area contributed by atoms with Gasteiger partial charge in [-0.05, 0) is 18.6 Å². The summed E-state index contributed by atoms with van der Waals surface area (Å²) in [5, 5.41) is 11.6. The van der Waals surface area contributed by atoms with Gasteiger partial charge in [-0.3, -0.25) is 14.4 Å². The van der Waals surface area contributed by atoms with E-state index in [1.165, 1.54) is 0 Å². The van der Waals surface area contributed by atoms with Crippen molar-refractivity contribution in [2.24, 2.45) is 11.8 Å². The van der Waals surface area contributed by atoms with E-state index >= 15 is 0 Å². The monoisotopic (exact) mass is 332 g/mol. The summed E-state index contributed by atoms with van der Waals surface area (Å²) >= 11 is 0. The van der Waals surface area contributed by atoms with E-state index in [9.17, 15) is 14.4 Å². The standard InChI is InChI=1S/C17H20N2O5/c20-15-8-11(18-16(21)13-9-14(13)17(22)23)10-19(15)6-7-24-12-4-2-1-3-5-12/h1-5,11,13-14H,6-10H2,(H,18,21)(H,22,23)/t11-,13+,14+/m0/s1. The second-order valence-electron chi connectivity index (χ2n) is 6.20. The molecule has 1 heterocycles. The number of benzene rings is 1. The minimum absolute atomic E-state index is 0.0254. The van der Waals surface area contributed by atoms with Gasteiger partial charge in [0.2, 0.25) is 11.8 Å². The smallest absolute Gasteiger partial charge is 0.307 e. The minimum atomic E-state index is -0.933. The zero-order valence-corrected chi connectivity index (χ0v) is 13.2. The Kier molecular flexibility index (Phi) is 4.69. The number of carbonyl (C=O) groups excluding carboxylic acids is 2. The highest BCUT2D eigenvalue weighted by atomic mass is 16.5.